The van der Waals surface area contributed by atoms with Crippen molar-refractivity contribution in [3.63, 3.8) is 0 Å². The van der Waals surface area contributed by atoms with Crippen LogP contribution in [0.1, 0.15) is 31.2 Å². The molecule has 1 aliphatic carbocycles. The third-order valence-electron chi connectivity index (χ3n) is 3.72. The summed E-state index contributed by atoms with van der Waals surface area (Å²) in [6.45, 7) is 1.98. The molecule has 100 valence electrons. The maximum atomic E-state index is 5.39. The Bertz CT molecular complexity index is 373. The molecule has 3 heteroatoms. The van der Waals surface area contributed by atoms with E-state index in [0.29, 0.717) is 0 Å². The van der Waals surface area contributed by atoms with E-state index in [1.165, 1.54) is 31.2 Å². The van der Waals surface area contributed by atoms with E-state index in [1.54, 1.807) is 14.2 Å². The molecule has 0 spiro atoms. The van der Waals surface area contributed by atoms with Crippen molar-refractivity contribution in [1.29, 1.82) is 0 Å². The van der Waals surface area contributed by atoms with E-state index in [-0.39, 0.29) is 0 Å². The number of hydrogen-bond acceptors (Lipinski definition) is 3. The van der Waals surface area contributed by atoms with Crippen LogP contribution in [0.4, 0.5) is 0 Å². The number of methoxy groups -OCH3 is 2. The minimum atomic E-state index is 0.839. The highest BCUT2D eigenvalue weighted by Gasteiger charge is 2.14. The van der Waals surface area contributed by atoms with Gasteiger partial charge in [0, 0.05) is 18.2 Å². The molecule has 3 nitrogen and oxygen atoms in total. The van der Waals surface area contributed by atoms with Crippen LogP contribution in [0.25, 0.3) is 0 Å². The zero-order valence-electron chi connectivity index (χ0n) is 11.4. The molecule has 1 aromatic rings. The second-order valence-electron chi connectivity index (χ2n) is 4.96. The van der Waals surface area contributed by atoms with Crippen molar-refractivity contribution in [2.75, 3.05) is 20.8 Å². The molecule has 0 amide bonds. The van der Waals surface area contributed by atoms with Crippen LogP contribution < -0.4 is 14.8 Å². The van der Waals surface area contributed by atoms with Gasteiger partial charge < -0.3 is 14.8 Å². The van der Waals surface area contributed by atoms with Crippen LogP contribution in [0.5, 0.6) is 11.5 Å². The lowest BCUT2D eigenvalue weighted by molar-refractivity contribution is 0.388. The zero-order chi connectivity index (χ0) is 12.8. The van der Waals surface area contributed by atoms with Crippen LogP contribution >= 0.6 is 0 Å². The Labute approximate surface area is 109 Å². The molecule has 1 fully saturated rings. The Hall–Kier alpha value is -1.22. The van der Waals surface area contributed by atoms with Crippen LogP contribution in [-0.2, 0) is 6.54 Å². The quantitative estimate of drug-likeness (QED) is 0.840. The van der Waals surface area contributed by atoms with Crippen molar-refractivity contribution in [2.24, 2.45) is 5.92 Å². The molecule has 1 saturated carbocycles. The molecule has 18 heavy (non-hydrogen) atoms. The van der Waals surface area contributed by atoms with E-state index >= 15 is 0 Å². The van der Waals surface area contributed by atoms with Crippen molar-refractivity contribution in [3.05, 3.63) is 23.8 Å². The second-order valence-corrected chi connectivity index (χ2v) is 4.96. The van der Waals surface area contributed by atoms with Crippen LogP contribution in [0.15, 0.2) is 18.2 Å². The molecule has 0 atom stereocenters. The van der Waals surface area contributed by atoms with Crippen LogP contribution in [-0.4, -0.2) is 20.8 Å². The Morgan fingerprint density at radius 3 is 2.61 bits per heavy atom. The van der Waals surface area contributed by atoms with Gasteiger partial charge in [0.25, 0.3) is 0 Å². The molecule has 1 aliphatic rings. The molecule has 0 unspecified atom stereocenters. The van der Waals surface area contributed by atoms with Gasteiger partial charge in [-0.05, 0) is 31.4 Å². The minimum absolute atomic E-state index is 0.839. The molecule has 1 N–H and O–H groups in total. The highest BCUT2D eigenvalue weighted by Crippen LogP contribution is 2.26. The van der Waals surface area contributed by atoms with Crippen molar-refractivity contribution < 1.29 is 9.47 Å². The SMILES string of the molecule is COc1ccc(CNCC2CCCC2)c(OC)c1. The third-order valence-corrected chi connectivity index (χ3v) is 3.72. The van der Waals surface area contributed by atoms with Crippen molar-refractivity contribution in [3.8, 4) is 11.5 Å². The number of ether oxygens (including phenoxy) is 2. The Morgan fingerprint density at radius 1 is 1.17 bits per heavy atom. The Morgan fingerprint density at radius 2 is 1.94 bits per heavy atom. The minimum Gasteiger partial charge on any atom is -0.497 e. The molecule has 1 aromatic carbocycles. The highest BCUT2D eigenvalue weighted by atomic mass is 16.5. The van der Waals surface area contributed by atoms with Gasteiger partial charge in [-0.15, -0.1) is 0 Å². The number of nitrogens with one attached hydrogen (secondary N) is 1. The van der Waals surface area contributed by atoms with Gasteiger partial charge in [-0.3, -0.25) is 0 Å². The molecule has 0 saturated heterocycles. The average Bonchev–Trinajstić information content (AvgIpc) is 2.92. The molecule has 0 aliphatic heterocycles. The smallest absolute Gasteiger partial charge is 0.127 e. The van der Waals surface area contributed by atoms with Gasteiger partial charge in [-0.2, -0.15) is 0 Å². The van der Waals surface area contributed by atoms with E-state index < -0.39 is 0 Å². The number of benzene rings is 1. The maximum absolute atomic E-state index is 5.39. The molecule has 0 radical (unpaired) electrons. The van der Waals surface area contributed by atoms with Gasteiger partial charge in [-0.1, -0.05) is 18.9 Å². The largest absolute Gasteiger partial charge is 0.497 e. The standard InChI is InChI=1S/C15H23NO2/c1-17-14-8-7-13(15(9-14)18-2)11-16-10-12-5-3-4-6-12/h7-9,12,16H,3-6,10-11H2,1-2H3. The fourth-order valence-corrected chi connectivity index (χ4v) is 2.62. The molecular formula is C15H23NO2. The van der Waals surface area contributed by atoms with Gasteiger partial charge in [0.2, 0.25) is 0 Å². The summed E-state index contributed by atoms with van der Waals surface area (Å²) in [5.74, 6) is 2.61. The predicted octanol–water partition coefficient (Wildman–Crippen LogP) is 2.98. The van der Waals surface area contributed by atoms with Crippen LogP contribution in [0.3, 0.4) is 0 Å². The summed E-state index contributed by atoms with van der Waals surface area (Å²) in [5, 5.41) is 3.53. The number of hydrogen-bond donors (Lipinski definition) is 1. The predicted molar refractivity (Wildman–Crippen MR) is 73.2 cm³/mol. The first kappa shape index (κ1) is 13.2. The van der Waals surface area contributed by atoms with E-state index in [4.69, 9.17) is 9.47 Å². The molecule has 0 heterocycles. The van der Waals surface area contributed by atoms with Crippen molar-refractivity contribution in [2.45, 2.75) is 32.2 Å². The Balaban J connectivity index is 1.87. The summed E-state index contributed by atoms with van der Waals surface area (Å²) < 4.78 is 10.6. The summed E-state index contributed by atoms with van der Waals surface area (Å²) in [7, 11) is 3.38. The molecule has 0 bridgehead atoms. The summed E-state index contributed by atoms with van der Waals surface area (Å²) in [6.07, 6.45) is 5.57. The van der Waals surface area contributed by atoms with Gasteiger partial charge in [0.15, 0.2) is 0 Å². The first-order valence-corrected chi connectivity index (χ1v) is 6.75. The van der Waals surface area contributed by atoms with Crippen molar-refractivity contribution >= 4 is 0 Å². The lowest BCUT2D eigenvalue weighted by Crippen LogP contribution is -2.21. The van der Waals surface area contributed by atoms with E-state index in [9.17, 15) is 0 Å². The summed E-state index contributed by atoms with van der Waals surface area (Å²) in [6, 6.07) is 5.99. The summed E-state index contributed by atoms with van der Waals surface area (Å²) in [5.41, 5.74) is 1.19. The van der Waals surface area contributed by atoms with Crippen LogP contribution in [0, 0.1) is 5.92 Å². The van der Waals surface area contributed by atoms with Gasteiger partial charge in [0.05, 0.1) is 14.2 Å². The van der Waals surface area contributed by atoms with Crippen molar-refractivity contribution in [1.82, 2.24) is 5.32 Å². The van der Waals surface area contributed by atoms with Gasteiger partial charge in [0.1, 0.15) is 11.5 Å². The highest BCUT2D eigenvalue weighted by molar-refractivity contribution is 5.40. The molecule has 0 aromatic heterocycles. The third kappa shape index (κ3) is 3.39. The second kappa shape index (κ2) is 6.64. The zero-order valence-corrected chi connectivity index (χ0v) is 11.4. The normalized spacial score (nSPS) is 15.9. The first-order valence-electron chi connectivity index (χ1n) is 6.75. The Kier molecular flexibility index (Phi) is 4.88. The summed E-state index contributed by atoms with van der Waals surface area (Å²) in [4.78, 5) is 0. The fourth-order valence-electron chi connectivity index (χ4n) is 2.62. The van der Waals surface area contributed by atoms with Gasteiger partial charge >= 0.3 is 0 Å². The molecule has 2 rings (SSSR count). The average molecular weight is 249 g/mol. The summed E-state index contributed by atoms with van der Waals surface area (Å²) >= 11 is 0. The van der Waals surface area contributed by atoms with E-state index in [1.807, 2.05) is 12.1 Å². The molecular weight excluding hydrogens is 226 g/mol. The lowest BCUT2D eigenvalue weighted by atomic mass is 10.1. The van der Waals surface area contributed by atoms with E-state index in [2.05, 4.69) is 11.4 Å². The van der Waals surface area contributed by atoms with E-state index in [0.717, 1.165) is 30.5 Å². The maximum Gasteiger partial charge on any atom is 0.127 e. The van der Waals surface area contributed by atoms with Gasteiger partial charge in [-0.25, -0.2) is 0 Å². The van der Waals surface area contributed by atoms with Crippen LogP contribution in [0.2, 0.25) is 0 Å². The monoisotopic (exact) mass is 249 g/mol. The fraction of sp³-hybridized carbons (Fsp3) is 0.600. The first-order chi connectivity index (χ1) is 8.83. The topological polar surface area (TPSA) is 30.5 Å². The number of rotatable bonds is 6. The lowest BCUT2D eigenvalue weighted by Gasteiger charge is -2.13.